The van der Waals surface area contributed by atoms with Gasteiger partial charge in [-0.2, -0.15) is 0 Å². The summed E-state index contributed by atoms with van der Waals surface area (Å²) < 4.78 is 0. The van der Waals surface area contributed by atoms with Crippen molar-refractivity contribution in [2.75, 3.05) is 13.1 Å². The molecule has 2 N–H and O–H groups in total. The van der Waals surface area contributed by atoms with Gasteiger partial charge in [0.15, 0.2) is 0 Å². The molecule has 0 aromatic heterocycles. The number of fused-ring (bicyclic) bond motifs is 1. The van der Waals surface area contributed by atoms with Crippen LogP contribution in [0.5, 0.6) is 0 Å². The molecule has 3 nitrogen and oxygen atoms in total. The highest BCUT2D eigenvalue weighted by Crippen LogP contribution is 2.36. The van der Waals surface area contributed by atoms with Gasteiger partial charge in [-0.25, -0.2) is 0 Å². The Morgan fingerprint density at radius 1 is 1.32 bits per heavy atom. The molecule has 1 aliphatic carbocycles. The predicted octanol–water partition coefficient (Wildman–Crippen LogP) is 2.73. The van der Waals surface area contributed by atoms with E-state index in [4.69, 9.17) is 18.0 Å². The number of carbonyl (C=O) groups is 1. The van der Waals surface area contributed by atoms with Crippen molar-refractivity contribution < 1.29 is 4.79 Å². The number of thiocarbonyl (C=S) groups is 1. The smallest absolute Gasteiger partial charge is 0.232 e. The fraction of sp³-hybridized carbons (Fsp3) is 0.867. The van der Waals surface area contributed by atoms with Crippen LogP contribution in [0.15, 0.2) is 0 Å². The lowest BCUT2D eigenvalue weighted by molar-refractivity contribution is -0.136. The minimum absolute atomic E-state index is 0.179. The van der Waals surface area contributed by atoms with Crippen LogP contribution < -0.4 is 5.73 Å². The summed E-state index contributed by atoms with van der Waals surface area (Å²) in [4.78, 5) is 15.0. The first-order valence-electron chi connectivity index (χ1n) is 7.71. The van der Waals surface area contributed by atoms with Crippen LogP contribution in [0.3, 0.4) is 0 Å². The fourth-order valence-electron chi connectivity index (χ4n) is 3.70. The summed E-state index contributed by atoms with van der Waals surface area (Å²) in [5.74, 6) is 1.52. The lowest BCUT2D eigenvalue weighted by atomic mass is 9.75. The van der Waals surface area contributed by atoms with Gasteiger partial charge < -0.3 is 10.6 Å². The number of rotatable bonds is 4. The number of nitrogens with two attached hydrogens (primary N) is 1. The molecule has 19 heavy (non-hydrogen) atoms. The molecule has 1 saturated carbocycles. The van der Waals surface area contributed by atoms with Crippen molar-refractivity contribution in [1.82, 2.24) is 4.90 Å². The first kappa shape index (κ1) is 14.8. The van der Waals surface area contributed by atoms with E-state index >= 15 is 0 Å². The normalized spacial score (nSPS) is 28.6. The van der Waals surface area contributed by atoms with Crippen LogP contribution in [-0.2, 0) is 4.79 Å². The Labute approximate surface area is 121 Å². The molecule has 108 valence electrons. The zero-order valence-electron chi connectivity index (χ0n) is 11.9. The maximum Gasteiger partial charge on any atom is 0.232 e. The van der Waals surface area contributed by atoms with Gasteiger partial charge in [0, 0.05) is 13.1 Å². The van der Waals surface area contributed by atoms with Crippen molar-refractivity contribution in [3.05, 3.63) is 0 Å². The Kier molecular flexibility index (Phi) is 5.20. The van der Waals surface area contributed by atoms with E-state index in [0.29, 0.717) is 4.99 Å². The summed E-state index contributed by atoms with van der Waals surface area (Å²) in [6.07, 6.45) is 8.27. The molecule has 2 fully saturated rings. The second-order valence-corrected chi connectivity index (χ2v) is 6.59. The number of likely N-dealkylation sites (tertiary alicyclic amines) is 1. The molecule has 3 unspecified atom stereocenters. The molecular formula is C15H26N2OS. The molecule has 0 aromatic rings. The molecule has 3 atom stereocenters. The van der Waals surface area contributed by atoms with Crippen LogP contribution in [0.1, 0.15) is 51.9 Å². The zero-order chi connectivity index (χ0) is 13.8. The van der Waals surface area contributed by atoms with Crippen molar-refractivity contribution in [1.29, 1.82) is 0 Å². The molecule has 1 aliphatic heterocycles. The number of piperidine rings is 1. The number of hydrogen-bond donors (Lipinski definition) is 1. The van der Waals surface area contributed by atoms with Gasteiger partial charge in [-0.05, 0) is 31.1 Å². The molecule has 0 radical (unpaired) electrons. The molecule has 4 heteroatoms. The van der Waals surface area contributed by atoms with E-state index in [1.807, 2.05) is 4.90 Å². The van der Waals surface area contributed by atoms with Gasteiger partial charge >= 0.3 is 0 Å². The quantitative estimate of drug-likeness (QED) is 0.807. The van der Waals surface area contributed by atoms with E-state index in [9.17, 15) is 4.79 Å². The summed E-state index contributed by atoms with van der Waals surface area (Å²) in [6.45, 7) is 3.92. The second-order valence-electron chi connectivity index (χ2n) is 6.12. The maximum atomic E-state index is 12.6. The molecule has 2 aliphatic rings. The van der Waals surface area contributed by atoms with E-state index in [1.54, 1.807) is 0 Å². The van der Waals surface area contributed by atoms with Gasteiger partial charge in [0.1, 0.15) is 0 Å². The highest BCUT2D eigenvalue weighted by molar-refractivity contribution is 7.80. The van der Waals surface area contributed by atoms with E-state index in [0.717, 1.165) is 37.8 Å². The largest absolute Gasteiger partial charge is 0.393 e. The molecule has 0 aromatic carbocycles. The Balaban J connectivity index is 1.97. The SMILES string of the molecule is CCCC(C(=O)N1CCC2CCCCC2C1)C(N)=S. The average Bonchev–Trinajstić information content (AvgIpc) is 2.43. The summed E-state index contributed by atoms with van der Waals surface area (Å²) >= 11 is 5.07. The van der Waals surface area contributed by atoms with Gasteiger partial charge in [0.05, 0.1) is 10.9 Å². The Hall–Kier alpha value is -0.640. The van der Waals surface area contributed by atoms with Gasteiger partial charge in [-0.1, -0.05) is 44.8 Å². The second kappa shape index (κ2) is 6.69. The highest BCUT2D eigenvalue weighted by atomic mass is 32.1. The first-order chi connectivity index (χ1) is 9.13. The third kappa shape index (κ3) is 3.47. The fourth-order valence-corrected chi connectivity index (χ4v) is 3.92. The van der Waals surface area contributed by atoms with Crippen molar-refractivity contribution >= 4 is 23.1 Å². The molecular weight excluding hydrogens is 256 g/mol. The van der Waals surface area contributed by atoms with Crippen molar-refractivity contribution in [3.8, 4) is 0 Å². The van der Waals surface area contributed by atoms with Gasteiger partial charge in [-0.15, -0.1) is 0 Å². The molecule has 0 bridgehead atoms. The first-order valence-corrected chi connectivity index (χ1v) is 8.12. The van der Waals surface area contributed by atoms with Crippen LogP contribution >= 0.6 is 12.2 Å². The van der Waals surface area contributed by atoms with E-state index in [-0.39, 0.29) is 11.8 Å². The minimum atomic E-state index is -0.236. The number of carbonyl (C=O) groups excluding carboxylic acids is 1. The predicted molar refractivity (Wildman–Crippen MR) is 81.8 cm³/mol. The summed E-state index contributed by atoms with van der Waals surface area (Å²) in [6, 6.07) is 0. The van der Waals surface area contributed by atoms with Crippen molar-refractivity contribution in [2.45, 2.75) is 51.9 Å². The average molecular weight is 282 g/mol. The van der Waals surface area contributed by atoms with Crippen LogP contribution in [0.4, 0.5) is 0 Å². The van der Waals surface area contributed by atoms with E-state index in [1.165, 1.54) is 32.1 Å². The standard InChI is InChI=1S/C15H26N2OS/c1-2-5-13(14(16)19)15(18)17-9-8-11-6-3-4-7-12(11)10-17/h11-13H,2-10H2,1H3,(H2,16,19). The summed E-state index contributed by atoms with van der Waals surface area (Å²) in [7, 11) is 0. The maximum absolute atomic E-state index is 12.6. The number of hydrogen-bond acceptors (Lipinski definition) is 2. The summed E-state index contributed by atoms with van der Waals surface area (Å²) in [5.41, 5.74) is 5.75. The third-order valence-electron chi connectivity index (χ3n) is 4.82. The number of amides is 1. The summed E-state index contributed by atoms with van der Waals surface area (Å²) in [5, 5.41) is 0. The Morgan fingerprint density at radius 3 is 2.63 bits per heavy atom. The van der Waals surface area contributed by atoms with Crippen LogP contribution in [-0.4, -0.2) is 28.9 Å². The van der Waals surface area contributed by atoms with E-state index in [2.05, 4.69) is 6.92 Å². The monoisotopic (exact) mass is 282 g/mol. The lowest BCUT2D eigenvalue weighted by Gasteiger charge is -2.42. The molecule has 1 heterocycles. The van der Waals surface area contributed by atoms with Gasteiger partial charge in [-0.3, -0.25) is 4.79 Å². The molecule has 1 amide bonds. The Morgan fingerprint density at radius 2 is 2.00 bits per heavy atom. The van der Waals surface area contributed by atoms with E-state index < -0.39 is 0 Å². The van der Waals surface area contributed by atoms with Gasteiger partial charge in [0.2, 0.25) is 5.91 Å². The Bertz CT molecular complexity index is 345. The van der Waals surface area contributed by atoms with Gasteiger partial charge in [0.25, 0.3) is 0 Å². The van der Waals surface area contributed by atoms with Crippen LogP contribution in [0, 0.1) is 17.8 Å². The highest BCUT2D eigenvalue weighted by Gasteiger charge is 2.35. The topological polar surface area (TPSA) is 46.3 Å². The zero-order valence-corrected chi connectivity index (χ0v) is 12.8. The molecule has 2 rings (SSSR count). The number of nitrogens with zero attached hydrogens (tertiary/aromatic N) is 1. The third-order valence-corrected chi connectivity index (χ3v) is 5.11. The van der Waals surface area contributed by atoms with Crippen molar-refractivity contribution in [3.63, 3.8) is 0 Å². The van der Waals surface area contributed by atoms with Crippen molar-refractivity contribution in [2.24, 2.45) is 23.5 Å². The van der Waals surface area contributed by atoms with Crippen LogP contribution in [0.2, 0.25) is 0 Å². The molecule has 1 saturated heterocycles. The molecule has 0 spiro atoms. The lowest BCUT2D eigenvalue weighted by Crippen LogP contribution is -2.48. The minimum Gasteiger partial charge on any atom is -0.393 e. The van der Waals surface area contributed by atoms with Crippen LogP contribution in [0.25, 0.3) is 0 Å².